The van der Waals surface area contributed by atoms with Gasteiger partial charge in [0.1, 0.15) is 11.6 Å². The lowest BCUT2D eigenvalue weighted by Gasteiger charge is -2.03. The van der Waals surface area contributed by atoms with Gasteiger partial charge in [0, 0.05) is 6.07 Å². The molecule has 0 unspecified atom stereocenters. The van der Waals surface area contributed by atoms with E-state index < -0.39 is 5.97 Å². The number of hydrogen-bond donors (Lipinski definition) is 2. The number of aromatic hydroxyl groups is 1. The molecule has 0 aliphatic rings. The molecule has 1 heterocycles. The number of methoxy groups -OCH3 is 1. The summed E-state index contributed by atoms with van der Waals surface area (Å²) < 4.78 is 5.94. The van der Waals surface area contributed by atoms with E-state index in [2.05, 4.69) is 9.84 Å². The van der Waals surface area contributed by atoms with Crippen LogP contribution in [0.25, 0.3) is 5.69 Å². The Balaban J connectivity index is 2.42. The fourth-order valence-corrected chi connectivity index (χ4v) is 1.40. The molecule has 0 saturated heterocycles. The highest BCUT2D eigenvalue weighted by Crippen LogP contribution is 2.17. The Morgan fingerprint density at radius 2 is 2.06 bits per heavy atom. The van der Waals surface area contributed by atoms with Gasteiger partial charge in [0.15, 0.2) is 5.69 Å². The number of aromatic nitrogens is 2. The largest absolute Gasteiger partial charge is 0.508 e. The highest BCUT2D eigenvalue weighted by molar-refractivity contribution is 5.88. The van der Waals surface area contributed by atoms with Gasteiger partial charge in [-0.25, -0.2) is 9.48 Å². The second kappa shape index (κ2) is 4.17. The summed E-state index contributed by atoms with van der Waals surface area (Å²) in [5.74, 6) is -0.0852. The van der Waals surface area contributed by atoms with E-state index in [4.69, 9.17) is 10.8 Å². The molecule has 0 aliphatic heterocycles. The third kappa shape index (κ3) is 2.05. The van der Waals surface area contributed by atoms with Crippen LogP contribution >= 0.6 is 0 Å². The minimum absolute atomic E-state index is 0.137. The van der Waals surface area contributed by atoms with Crippen molar-refractivity contribution in [2.45, 2.75) is 0 Å². The fourth-order valence-electron chi connectivity index (χ4n) is 1.40. The van der Waals surface area contributed by atoms with E-state index in [9.17, 15) is 4.79 Å². The van der Waals surface area contributed by atoms with E-state index in [1.165, 1.54) is 30.0 Å². The van der Waals surface area contributed by atoms with Gasteiger partial charge in [0.2, 0.25) is 0 Å². The maximum Gasteiger partial charge on any atom is 0.358 e. The fraction of sp³-hybridized carbons (Fsp3) is 0.0909. The van der Waals surface area contributed by atoms with Gasteiger partial charge in [0.05, 0.1) is 12.8 Å². The molecule has 17 heavy (non-hydrogen) atoms. The van der Waals surface area contributed by atoms with Crippen LogP contribution in [0.15, 0.2) is 30.3 Å². The number of esters is 1. The maximum absolute atomic E-state index is 11.3. The van der Waals surface area contributed by atoms with Gasteiger partial charge in [-0.15, -0.1) is 0 Å². The lowest BCUT2D eigenvalue weighted by Crippen LogP contribution is -2.05. The molecule has 6 heteroatoms. The van der Waals surface area contributed by atoms with E-state index in [1.54, 1.807) is 12.1 Å². The number of rotatable bonds is 2. The number of carbonyl (C=O) groups excluding carboxylic acids is 1. The van der Waals surface area contributed by atoms with Crippen molar-refractivity contribution in [3.63, 3.8) is 0 Å². The Labute approximate surface area is 97.2 Å². The SMILES string of the molecule is COC(=O)c1cc(N)n(-c2ccc(O)cc2)n1. The molecule has 0 saturated carbocycles. The second-order valence-electron chi connectivity index (χ2n) is 3.37. The Kier molecular flexibility index (Phi) is 2.70. The van der Waals surface area contributed by atoms with Crippen LogP contribution in [0.4, 0.5) is 5.82 Å². The van der Waals surface area contributed by atoms with Crippen molar-refractivity contribution in [2.75, 3.05) is 12.8 Å². The molecule has 0 aliphatic carbocycles. The summed E-state index contributed by atoms with van der Waals surface area (Å²) in [6.07, 6.45) is 0. The van der Waals surface area contributed by atoms with E-state index in [0.717, 1.165) is 0 Å². The van der Waals surface area contributed by atoms with Crippen molar-refractivity contribution in [1.82, 2.24) is 9.78 Å². The van der Waals surface area contributed by atoms with Gasteiger partial charge in [-0.3, -0.25) is 0 Å². The standard InChI is InChI=1S/C11H11N3O3/c1-17-11(16)9-6-10(12)14(13-9)7-2-4-8(15)5-3-7/h2-6,15H,12H2,1H3. The summed E-state index contributed by atoms with van der Waals surface area (Å²) >= 11 is 0. The second-order valence-corrected chi connectivity index (χ2v) is 3.37. The molecule has 88 valence electrons. The molecule has 0 bridgehead atoms. The monoisotopic (exact) mass is 233 g/mol. The van der Waals surface area contributed by atoms with Crippen molar-refractivity contribution in [1.29, 1.82) is 0 Å². The quantitative estimate of drug-likeness (QED) is 0.753. The number of nitrogen functional groups attached to an aromatic ring is 1. The molecule has 1 aromatic heterocycles. The van der Waals surface area contributed by atoms with Crippen LogP contribution in [0.1, 0.15) is 10.5 Å². The molecule has 2 aromatic rings. The first-order valence-electron chi connectivity index (χ1n) is 4.85. The summed E-state index contributed by atoms with van der Waals surface area (Å²) in [6.45, 7) is 0. The van der Waals surface area contributed by atoms with E-state index in [0.29, 0.717) is 11.5 Å². The zero-order chi connectivity index (χ0) is 12.4. The van der Waals surface area contributed by atoms with Crippen LogP contribution in [0.5, 0.6) is 5.75 Å². The summed E-state index contributed by atoms with van der Waals surface area (Å²) in [4.78, 5) is 11.3. The topological polar surface area (TPSA) is 90.4 Å². The Bertz CT molecular complexity index is 546. The minimum atomic E-state index is -0.547. The molecule has 2 rings (SSSR count). The number of phenols is 1. The van der Waals surface area contributed by atoms with Crippen LogP contribution in [0.2, 0.25) is 0 Å². The third-order valence-electron chi connectivity index (χ3n) is 2.23. The Morgan fingerprint density at radius 1 is 1.41 bits per heavy atom. The summed E-state index contributed by atoms with van der Waals surface area (Å²) in [6, 6.07) is 7.72. The van der Waals surface area contributed by atoms with E-state index in [1.807, 2.05) is 0 Å². The highest BCUT2D eigenvalue weighted by atomic mass is 16.5. The average molecular weight is 233 g/mol. The van der Waals surface area contributed by atoms with Gasteiger partial charge >= 0.3 is 5.97 Å². The number of phenolic OH excluding ortho intramolecular Hbond substituents is 1. The van der Waals surface area contributed by atoms with Gasteiger partial charge < -0.3 is 15.6 Å². The molecule has 0 atom stereocenters. The molecule has 6 nitrogen and oxygen atoms in total. The molecule has 0 radical (unpaired) electrons. The smallest absolute Gasteiger partial charge is 0.358 e. The van der Waals surface area contributed by atoms with Crippen LogP contribution in [0, 0.1) is 0 Å². The third-order valence-corrected chi connectivity index (χ3v) is 2.23. The molecule has 1 aromatic carbocycles. The van der Waals surface area contributed by atoms with Crippen molar-refractivity contribution >= 4 is 11.8 Å². The first-order chi connectivity index (χ1) is 8.11. The van der Waals surface area contributed by atoms with Gasteiger partial charge in [0.25, 0.3) is 0 Å². The average Bonchev–Trinajstić information content (AvgIpc) is 2.71. The summed E-state index contributed by atoms with van der Waals surface area (Å²) in [7, 11) is 1.28. The first kappa shape index (κ1) is 11.0. The highest BCUT2D eigenvalue weighted by Gasteiger charge is 2.13. The Morgan fingerprint density at radius 3 is 2.65 bits per heavy atom. The van der Waals surface area contributed by atoms with Crippen molar-refractivity contribution in [3.8, 4) is 11.4 Å². The van der Waals surface area contributed by atoms with Gasteiger partial charge in [-0.05, 0) is 24.3 Å². The number of ether oxygens (including phenoxy) is 1. The molecule has 0 fully saturated rings. The number of nitrogens with zero attached hydrogens (tertiary/aromatic N) is 2. The zero-order valence-corrected chi connectivity index (χ0v) is 9.12. The predicted octanol–water partition coefficient (Wildman–Crippen LogP) is 0.947. The normalized spacial score (nSPS) is 10.2. The van der Waals surface area contributed by atoms with Crippen molar-refractivity contribution in [2.24, 2.45) is 0 Å². The Hall–Kier alpha value is -2.50. The van der Waals surface area contributed by atoms with Gasteiger partial charge in [-0.2, -0.15) is 5.10 Å². The molecule has 0 amide bonds. The molecule has 3 N–H and O–H groups in total. The zero-order valence-electron chi connectivity index (χ0n) is 9.12. The summed E-state index contributed by atoms with van der Waals surface area (Å²) in [5.41, 5.74) is 6.52. The number of benzene rings is 1. The molecular formula is C11H11N3O3. The van der Waals surface area contributed by atoms with Crippen molar-refractivity contribution in [3.05, 3.63) is 36.0 Å². The van der Waals surface area contributed by atoms with Crippen LogP contribution in [-0.2, 0) is 4.74 Å². The summed E-state index contributed by atoms with van der Waals surface area (Å²) in [5, 5.41) is 13.2. The van der Waals surface area contributed by atoms with E-state index in [-0.39, 0.29) is 11.4 Å². The number of nitrogens with two attached hydrogens (primary N) is 1. The molecular weight excluding hydrogens is 222 g/mol. The van der Waals surface area contributed by atoms with Crippen molar-refractivity contribution < 1.29 is 14.6 Å². The first-order valence-corrected chi connectivity index (χ1v) is 4.85. The predicted molar refractivity (Wildman–Crippen MR) is 61.0 cm³/mol. The lowest BCUT2D eigenvalue weighted by molar-refractivity contribution is 0.0593. The van der Waals surface area contributed by atoms with Crippen LogP contribution in [-0.4, -0.2) is 28.0 Å². The number of hydrogen-bond acceptors (Lipinski definition) is 5. The number of anilines is 1. The lowest BCUT2D eigenvalue weighted by atomic mass is 10.3. The number of carbonyl (C=O) groups is 1. The van der Waals surface area contributed by atoms with Gasteiger partial charge in [-0.1, -0.05) is 0 Å². The minimum Gasteiger partial charge on any atom is -0.508 e. The van der Waals surface area contributed by atoms with Crippen LogP contribution in [0.3, 0.4) is 0 Å². The van der Waals surface area contributed by atoms with Crippen LogP contribution < -0.4 is 5.73 Å². The van der Waals surface area contributed by atoms with E-state index >= 15 is 0 Å². The molecule has 0 spiro atoms. The maximum atomic E-state index is 11.3.